The van der Waals surface area contributed by atoms with E-state index in [2.05, 4.69) is 24.3 Å². The maximum atomic E-state index is 16.4. The highest BCUT2D eigenvalue weighted by molar-refractivity contribution is 6.59. The van der Waals surface area contributed by atoms with Crippen molar-refractivity contribution in [3.63, 3.8) is 0 Å². The fourth-order valence-electron chi connectivity index (χ4n) is 5.98. The van der Waals surface area contributed by atoms with Crippen LogP contribution in [0.25, 0.3) is 22.3 Å². The fraction of sp³-hybridized carbons (Fsp3) is 0.138. The van der Waals surface area contributed by atoms with Crippen molar-refractivity contribution in [2.75, 3.05) is 0 Å². The van der Waals surface area contributed by atoms with E-state index in [4.69, 9.17) is 0 Å². The monoisotopic (exact) mass is 450 g/mol. The minimum absolute atomic E-state index is 0.579. The van der Waals surface area contributed by atoms with Gasteiger partial charge in [0.15, 0.2) is 5.70 Å². The van der Waals surface area contributed by atoms with Crippen molar-refractivity contribution in [1.29, 1.82) is 0 Å². The van der Waals surface area contributed by atoms with Crippen LogP contribution < -0.4 is 0 Å². The Morgan fingerprint density at radius 1 is 0.676 bits per heavy atom. The summed E-state index contributed by atoms with van der Waals surface area (Å²) in [5.41, 5.74) is 10.1. The van der Waals surface area contributed by atoms with Crippen LogP contribution in [0.3, 0.4) is 0 Å². The molecule has 0 spiro atoms. The lowest BCUT2D eigenvalue weighted by Crippen LogP contribution is -2.51. The molecular formula is C29H25BF2N2. The van der Waals surface area contributed by atoms with E-state index in [9.17, 15) is 0 Å². The maximum absolute atomic E-state index is 16.4. The Hall–Kier alpha value is -3.73. The molecule has 168 valence electrons. The van der Waals surface area contributed by atoms with Gasteiger partial charge in [-0.25, -0.2) is 0 Å². The normalized spacial score (nSPS) is 17.0. The van der Waals surface area contributed by atoms with Crippen molar-refractivity contribution in [3.8, 4) is 11.1 Å². The highest BCUT2D eigenvalue weighted by Gasteiger charge is 2.56. The molecule has 1 aromatic heterocycles. The summed E-state index contributed by atoms with van der Waals surface area (Å²) in [7, 11) is 0. The third-order valence-corrected chi connectivity index (χ3v) is 7.29. The van der Waals surface area contributed by atoms with E-state index >= 15 is 8.63 Å². The molecular weight excluding hydrogens is 425 g/mol. The van der Waals surface area contributed by atoms with Gasteiger partial charge < -0.3 is 17.6 Å². The van der Waals surface area contributed by atoms with Crippen LogP contribution in [0.15, 0.2) is 90.1 Å². The number of hydrogen-bond acceptors (Lipinski definition) is 0. The van der Waals surface area contributed by atoms with E-state index in [0.29, 0.717) is 22.8 Å². The zero-order valence-corrected chi connectivity index (χ0v) is 19.7. The summed E-state index contributed by atoms with van der Waals surface area (Å²) in [5, 5.41) is 0. The Labute approximate surface area is 198 Å². The number of aryl methyl sites for hydroxylation is 2. The maximum Gasteiger partial charge on any atom is 0.737 e. The number of allylic oxidation sites excluding steroid dienone is 2. The number of rotatable bonds is 2. The zero-order valence-electron chi connectivity index (χ0n) is 19.7. The molecule has 0 bridgehead atoms. The summed E-state index contributed by atoms with van der Waals surface area (Å²) in [6.45, 7) is 3.48. The Kier molecular flexibility index (Phi) is 4.38. The summed E-state index contributed by atoms with van der Waals surface area (Å²) in [4.78, 5) is 0. The topological polar surface area (TPSA) is 7.94 Å². The van der Waals surface area contributed by atoms with Gasteiger partial charge in [-0.15, -0.1) is 0 Å². The predicted octanol–water partition coefficient (Wildman–Crippen LogP) is 7.17. The first-order valence-corrected chi connectivity index (χ1v) is 11.7. The molecule has 0 fully saturated rings. The summed E-state index contributed by atoms with van der Waals surface area (Å²) in [6.07, 6.45) is 0. The Balaban J connectivity index is 1.73. The molecule has 0 radical (unpaired) electrons. The Morgan fingerprint density at radius 3 is 1.82 bits per heavy atom. The van der Waals surface area contributed by atoms with Crippen molar-refractivity contribution in [3.05, 3.63) is 118 Å². The number of hydrogen-bond donors (Lipinski definition) is 0. The molecule has 1 aromatic carbocycles. The van der Waals surface area contributed by atoms with Crippen molar-refractivity contribution < 1.29 is 13.1 Å². The van der Waals surface area contributed by atoms with E-state index in [1.165, 1.54) is 8.96 Å². The van der Waals surface area contributed by atoms with Crippen LogP contribution in [0.2, 0.25) is 0 Å². The molecule has 0 unspecified atom stereocenters. The standard InChI is InChI=1S/C29H25BF2N2/c1-18-15-19(2)33-28(18)27(22-11-7-5-8-12-22)29-20(3)26(21(4)34(29)30(33,31)32)25-16-23-13-9-6-10-14-24(23)17-25/h5-17H,1-4H3. The molecule has 4 aliphatic rings. The molecule has 0 saturated carbocycles. The second-order valence-corrected chi connectivity index (χ2v) is 9.39. The predicted molar refractivity (Wildman–Crippen MR) is 136 cm³/mol. The molecule has 0 N–H and O–H groups in total. The quantitative estimate of drug-likeness (QED) is 0.286. The van der Waals surface area contributed by atoms with Gasteiger partial charge in [-0.3, -0.25) is 0 Å². The van der Waals surface area contributed by atoms with Gasteiger partial charge in [-0.1, -0.05) is 60.7 Å². The van der Waals surface area contributed by atoms with E-state index in [1.807, 2.05) is 75.4 Å². The average molecular weight is 450 g/mol. The molecule has 6 rings (SSSR count). The zero-order chi connectivity index (χ0) is 23.8. The van der Waals surface area contributed by atoms with Gasteiger partial charge in [0.25, 0.3) is 0 Å². The lowest BCUT2D eigenvalue weighted by atomic mass is 9.84. The van der Waals surface area contributed by atoms with Gasteiger partial charge in [0.05, 0.1) is 11.1 Å². The van der Waals surface area contributed by atoms with Crippen LogP contribution in [0, 0.1) is 13.8 Å². The second-order valence-electron chi connectivity index (χ2n) is 9.39. The Bertz CT molecular complexity index is 1520. The SMILES string of the molecule is CC1=C(c2cc3cccccc-3c2)C(C)=[N+]2C1=C(c1ccccc1)c1c(C)cc(C)n1[B-]2(F)F. The Morgan fingerprint density at radius 2 is 1.24 bits per heavy atom. The number of aromatic nitrogens is 1. The summed E-state index contributed by atoms with van der Waals surface area (Å²) in [6, 6.07) is 26.2. The van der Waals surface area contributed by atoms with Crippen LogP contribution in [0.5, 0.6) is 0 Å². The van der Waals surface area contributed by atoms with Crippen LogP contribution in [-0.4, -0.2) is 21.6 Å². The first kappa shape index (κ1) is 20.9. The van der Waals surface area contributed by atoms with Gasteiger partial charge in [0.1, 0.15) is 5.71 Å². The highest BCUT2D eigenvalue weighted by atomic mass is 19.2. The van der Waals surface area contributed by atoms with Crippen molar-refractivity contribution >= 4 is 23.8 Å². The molecule has 3 heterocycles. The van der Waals surface area contributed by atoms with Gasteiger partial charge in [-0.2, -0.15) is 0 Å². The number of nitrogens with zero attached hydrogens (tertiary/aromatic N) is 2. The van der Waals surface area contributed by atoms with Crippen LogP contribution in [-0.2, 0) is 0 Å². The van der Waals surface area contributed by atoms with E-state index in [-0.39, 0.29) is 0 Å². The average Bonchev–Trinajstić information content (AvgIpc) is 3.35. The molecule has 34 heavy (non-hydrogen) atoms. The molecule has 0 amide bonds. The van der Waals surface area contributed by atoms with E-state index < -0.39 is 6.97 Å². The molecule has 2 aliphatic carbocycles. The van der Waals surface area contributed by atoms with Crippen molar-refractivity contribution in [1.82, 2.24) is 4.48 Å². The molecule has 2 aromatic rings. The first-order chi connectivity index (χ1) is 16.3. The largest absolute Gasteiger partial charge is 0.737 e. The lowest BCUT2D eigenvalue weighted by Gasteiger charge is -2.34. The van der Waals surface area contributed by atoms with Crippen LogP contribution >= 0.6 is 0 Å². The smallest absolute Gasteiger partial charge is 0.393 e. The second kappa shape index (κ2) is 7.13. The third kappa shape index (κ3) is 2.70. The van der Waals surface area contributed by atoms with Crippen LogP contribution in [0.4, 0.5) is 8.63 Å². The van der Waals surface area contributed by atoms with Crippen molar-refractivity contribution in [2.24, 2.45) is 0 Å². The highest BCUT2D eigenvalue weighted by Crippen LogP contribution is 2.47. The molecule has 0 atom stereocenters. The molecule has 0 saturated heterocycles. The number of fused-ring (bicyclic) bond motifs is 3. The summed E-state index contributed by atoms with van der Waals surface area (Å²) >= 11 is 0. The third-order valence-electron chi connectivity index (χ3n) is 7.29. The van der Waals surface area contributed by atoms with Gasteiger partial charge >= 0.3 is 6.97 Å². The van der Waals surface area contributed by atoms with Gasteiger partial charge in [0.2, 0.25) is 0 Å². The minimum Gasteiger partial charge on any atom is -0.393 e. The van der Waals surface area contributed by atoms with Gasteiger partial charge in [0, 0.05) is 18.2 Å². The van der Waals surface area contributed by atoms with Crippen LogP contribution in [0.1, 0.15) is 41.9 Å². The lowest BCUT2D eigenvalue weighted by molar-refractivity contribution is -0.363. The molecule has 5 heteroatoms. The summed E-state index contributed by atoms with van der Waals surface area (Å²) < 4.78 is 35.3. The van der Waals surface area contributed by atoms with E-state index in [0.717, 1.165) is 44.5 Å². The van der Waals surface area contributed by atoms with Crippen molar-refractivity contribution in [2.45, 2.75) is 27.7 Å². The fourth-order valence-corrected chi connectivity index (χ4v) is 5.98. The minimum atomic E-state index is -4.04. The number of halogens is 2. The molecule has 2 aliphatic heterocycles. The van der Waals surface area contributed by atoms with Gasteiger partial charge in [-0.05, 0) is 72.5 Å². The summed E-state index contributed by atoms with van der Waals surface area (Å²) in [5.74, 6) is 0. The number of benzene rings is 1. The van der Waals surface area contributed by atoms with E-state index in [1.54, 1.807) is 6.92 Å². The molecule has 2 nitrogen and oxygen atoms in total. The first-order valence-electron chi connectivity index (χ1n) is 11.7.